The average Bonchev–Trinajstić information content (AvgIpc) is 2.61. The number of rotatable bonds is 2. The van der Waals surface area contributed by atoms with Gasteiger partial charge in [0.15, 0.2) is 0 Å². The lowest BCUT2D eigenvalue weighted by Crippen LogP contribution is -2.11. The lowest BCUT2D eigenvalue weighted by molar-refractivity contribution is 0.876. The van der Waals surface area contributed by atoms with Crippen molar-refractivity contribution >= 4 is 46.1 Å². The molecule has 0 spiro atoms. The van der Waals surface area contributed by atoms with Crippen molar-refractivity contribution in [1.82, 2.24) is 0 Å². The van der Waals surface area contributed by atoms with Crippen LogP contribution in [0.4, 0.5) is 0 Å². The Morgan fingerprint density at radius 2 is 1.88 bits per heavy atom. The number of hydrogen-bond donors (Lipinski definition) is 1. The highest BCUT2D eigenvalue weighted by atomic mass is 35.5. The first-order valence-electron chi connectivity index (χ1n) is 4.95. The minimum absolute atomic E-state index is 0.302. The van der Waals surface area contributed by atoms with Gasteiger partial charge in [-0.25, -0.2) is 0 Å². The van der Waals surface area contributed by atoms with Gasteiger partial charge in [-0.15, -0.1) is 11.3 Å². The molecule has 1 nitrogen and oxygen atoms in total. The Balaban J connectivity index is 2.40. The van der Waals surface area contributed by atoms with Gasteiger partial charge in [-0.1, -0.05) is 46.9 Å². The summed E-state index contributed by atoms with van der Waals surface area (Å²) >= 11 is 19.4. The minimum atomic E-state index is -0.302. The van der Waals surface area contributed by atoms with Gasteiger partial charge in [-0.2, -0.15) is 0 Å². The van der Waals surface area contributed by atoms with E-state index in [9.17, 15) is 0 Å². The molecule has 2 aromatic rings. The molecule has 5 heteroatoms. The Morgan fingerprint density at radius 3 is 2.41 bits per heavy atom. The molecule has 0 aliphatic carbocycles. The number of halogens is 3. The van der Waals surface area contributed by atoms with Crippen LogP contribution >= 0.6 is 46.1 Å². The zero-order valence-electron chi connectivity index (χ0n) is 9.01. The molecule has 90 valence electrons. The van der Waals surface area contributed by atoms with E-state index in [1.54, 1.807) is 6.07 Å². The normalized spacial score (nSPS) is 12.8. The summed E-state index contributed by atoms with van der Waals surface area (Å²) in [6, 6.07) is 7.26. The molecule has 0 bridgehead atoms. The van der Waals surface area contributed by atoms with Crippen molar-refractivity contribution in [2.45, 2.75) is 13.0 Å². The Morgan fingerprint density at radius 1 is 1.18 bits per heavy atom. The van der Waals surface area contributed by atoms with Gasteiger partial charge in [0, 0.05) is 10.6 Å². The summed E-state index contributed by atoms with van der Waals surface area (Å²) in [5.74, 6) is 0. The maximum Gasteiger partial charge on any atom is 0.0995 e. The summed E-state index contributed by atoms with van der Waals surface area (Å²) in [7, 11) is 0. The smallest absolute Gasteiger partial charge is 0.0995 e. The molecule has 0 saturated carbocycles. The quantitative estimate of drug-likeness (QED) is 0.824. The molecule has 2 N–H and O–H groups in total. The van der Waals surface area contributed by atoms with Gasteiger partial charge >= 0.3 is 0 Å². The lowest BCUT2D eigenvalue weighted by Gasteiger charge is -2.12. The van der Waals surface area contributed by atoms with Crippen molar-refractivity contribution in [2.75, 3.05) is 0 Å². The van der Waals surface area contributed by atoms with E-state index < -0.39 is 0 Å². The fraction of sp³-hybridized carbons (Fsp3) is 0.167. The van der Waals surface area contributed by atoms with Crippen LogP contribution in [0, 0.1) is 6.92 Å². The molecule has 0 radical (unpaired) electrons. The van der Waals surface area contributed by atoms with E-state index in [0.29, 0.717) is 13.7 Å². The molecule has 0 aliphatic heterocycles. The van der Waals surface area contributed by atoms with E-state index in [2.05, 4.69) is 0 Å². The van der Waals surface area contributed by atoms with Crippen LogP contribution in [0.3, 0.4) is 0 Å². The Kier molecular flexibility index (Phi) is 4.01. The van der Waals surface area contributed by atoms with E-state index in [0.717, 1.165) is 16.7 Å². The Bertz CT molecular complexity index is 551. The first kappa shape index (κ1) is 13.2. The van der Waals surface area contributed by atoms with Gasteiger partial charge in [-0.3, -0.25) is 0 Å². The van der Waals surface area contributed by atoms with Crippen LogP contribution in [-0.4, -0.2) is 0 Å². The minimum Gasteiger partial charge on any atom is -0.320 e. The standard InChI is InChI=1S/C12H10Cl3NS/c1-6-2-3-7(4-9(6)13)11(16)8-5-10(14)17-12(8)15/h2-5,11H,16H2,1H3. The van der Waals surface area contributed by atoms with E-state index in [1.807, 2.05) is 25.1 Å². The largest absolute Gasteiger partial charge is 0.320 e. The lowest BCUT2D eigenvalue weighted by atomic mass is 10.0. The van der Waals surface area contributed by atoms with E-state index in [4.69, 9.17) is 40.5 Å². The summed E-state index contributed by atoms with van der Waals surface area (Å²) < 4.78 is 1.26. The highest BCUT2D eigenvalue weighted by Crippen LogP contribution is 2.36. The zero-order valence-corrected chi connectivity index (χ0v) is 12.1. The summed E-state index contributed by atoms with van der Waals surface area (Å²) in [4.78, 5) is 0. The second-order valence-corrected chi connectivity index (χ2v) is 6.46. The van der Waals surface area contributed by atoms with Crippen LogP contribution < -0.4 is 5.73 Å². The average molecular weight is 307 g/mol. The second-order valence-electron chi connectivity index (χ2n) is 3.77. The third kappa shape index (κ3) is 2.78. The highest BCUT2D eigenvalue weighted by Gasteiger charge is 2.16. The van der Waals surface area contributed by atoms with Crippen molar-refractivity contribution in [3.05, 3.63) is 54.7 Å². The van der Waals surface area contributed by atoms with Crippen molar-refractivity contribution in [3.8, 4) is 0 Å². The molecule has 1 unspecified atom stereocenters. The monoisotopic (exact) mass is 305 g/mol. The van der Waals surface area contributed by atoms with Gasteiger partial charge in [0.2, 0.25) is 0 Å². The molecule has 1 atom stereocenters. The number of benzene rings is 1. The first-order valence-corrected chi connectivity index (χ1v) is 6.90. The van der Waals surface area contributed by atoms with Crippen LogP contribution in [0.2, 0.25) is 13.7 Å². The molecule has 1 aromatic carbocycles. The highest BCUT2D eigenvalue weighted by molar-refractivity contribution is 7.20. The maximum atomic E-state index is 6.15. The molecule has 17 heavy (non-hydrogen) atoms. The fourth-order valence-corrected chi connectivity index (χ4v) is 3.29. The molecule has 0 amide bonds. The van der Waals surface area contributed by atoms with Crippen molar-refractivity contribution in [3.63, 3.8) is 0 Å². The predicted molar refractivity (Wildman–Crippen MR) is 76.6 cm³/mol. The Labute approximate surface area is 119 Å². The maximum absolute atomic E-state index is 6.15. The van der Waals surface area contributed by atoms with E-state index in [-0.39, 0.29) is 6.04 Å². The number of thiophene rings is 1. The summed E-state index contributed by atoms with van der Waals surface area (Å²) in [6.07, 6.45) is 0. The molecule has 1 aromatic heterocycles. The summed E-state index contributed by atoms with van der Waals surface area (Å²) in [6.45, 7) is 1.95. The van der Waals surface area contributed by atoms with Crippen LogP contribution in [0.15, 0.2) is 24.3 Å². The zero-order chi connectivity index (χ0) is 12.6. The van der Waals surface area contributed by atoms with Crippen molar-refractivity contribution in [1.29, 1.82) is 0 Å². The molecule has 1 heterocycles. The van der Waals surface area contributed by atoms with Crippen LogP contribution in [0.25, 0.3) is 0 Å². The Hall–Kier alpha value is -0.250. The van der Waals surface area contributed by atoms with Gasteiger partial charge in [0.1, 0.15) is 0 Å². The van der Waals surface area contributed by atoms with E-state index in [1.165, 1.54) is 11.3 Å². The third-order valence-corrected chi connectivity index (χ3v) is 4.50. The van der Waals surface area contributed by atoms with Gasteiger partial charge in [-0.05, 0) is 30.2 Å². The van der Waals surface area contributed by atoms with Gasteiger partial charge in [0.25, 0.3) is 0 Å². The second kappa shape index (κ2) is 5.17. The van der Waals surface area contributed by atoms with E-state index >= 15 is 0 Å². The van der Waals surface area contributed by atoms with Gasteiger partial charge < -0.3 is 5.73 Å². The number of aryl methyl sites for hydroxylation is 1. The molecular weight excluding hydrogens is 297 g/mol. The number of hydrogen-bond acceptors (Lipinski definition) is 2. The van der Waals surface area contributed by atoms with Gasteiger partial charge in [0.05, 0.1) is 14.7 Å². The first-order chi connectivity index (χ1) is 7.99. The molecule has 0 fully saturated rings. The third-order valence-electron chi connectivity index (χ3n) is 2.57. The molecule has 0 saturated heterocycles. The van der Waals surface area contributed by atoms with Crippen LogP contribution in [0.5, 0.6) is 0 Å². The van der Waals surface area contributed by atoms with Crippen LogP contribution in [-0.2, 0) is 0 Å². The molecule has 0 aliphatic rings. The van der Waals surface area contributed by atoms with Crippen LogP contribution in [0.1, 0.15) is 22.7 Å². The van der Waals surface area contributed by atoms with Crippen molar-refractivity contribution < 1.29 is 0 Å². The SMILES string of the molecule is Cc1ccc(C(N)c2cc(Cl)sc2Cl)cc1Cl. The predicted octanol–water partition coefficient (Wildman–Crippen LogP) is 5.06. The van der Waals surface area contributed by atoms with Crippen molar-refractivity contribution in [2.24, 2.45) is 5.73 Å². The molecule has 2 rings (SSSR count). The topological polar surface area (TPSA) is 26.0 Å². The number of nitrogens with two attached hydrogens (primary N) is 1. The fourth-order valence-electron chi connectivity index (χ4n) is 1.55. The molecular formula is C12H10Cl3NS. The summed E-state index contributed by atoms with van der Waals surface area (Å²) in [5.41, 5.74) is 8.94. The summed E-state index contributed by atoms with van der Waals surface area (Å²) in [5, 5.41) is 0.704.